The molecule has 1 aromatic heterocycles. The van der Waals surface area contributed by atoms with Crippen molar-refractivity contribution in [1.82, 2.24) is 0 Å². The smallest absolute Gasteiger partial charge is 0.349 e. The lowest BCUT2D eigenvalue weighted by molar-refractivity contribution is -0.126. The normalized spacial score (nSPS) is 13.4. The summed E-state index contributed by atoms with van der Waals surface area (Å²) in [6, 6.07) is 18.5. The molecule has 1 atom stereocenters. The molecule has 2 aromatic carbocycles. The molecule has 7 heteroatoms. The number of anilines is 1. The SMILES string of the molecule is CC(OC(=O)c1ccc(-c2ccc3c(c2)OCCO3)s1)C(=O)N(C)c1ccccc1. The Kier molecular flexibility index (Phi) is 5.72. The number of fused-ring (bicyclic) bond motifs is 1. The number of likely N-dealkylation sites (N-methyl/N-ethyl adjacent to an activating group) is 1. The molecule has 0 radical (unpaired) electrons. The molecule has 0 bridgehead atoms. The van der Waals surface area contributed by atoms with Gasteiger partial charge in [-0.25, -0.2) is 4.79 Å². The van der Waals surface area contributed by atoms with E-state index in [2.05, 4.69) is 0 Å². The predicted molar refractivity (Wildman–Crippen MR) is 115 cm³/mol. The summed E-state index contributed by atoms with van der Waals surface area (Å²) in [4.78, 5) is 28.0. The summed E-state index contributed by atoms with van der Waals surface area (Å²) in [5.74, 6) is 0.597. The van der Waals surface area contributed by atoms with Gasteiger partial charge in [0.15, 0.2) is 17.6 Å². The average molecular weight is 423 g/mol. The Bertz CT molecular complexity index is 1060. The van der Waals surface area contributed by atoms with Crippen molar-refractivity contribution >= 4 is 28.9 Å². The highest BCUT2D eigenvalue weighted by molar-refractivity contribution is 7.17. The predicted octanol–water partition coefficient (Wildman–Crippen LogP) is 4.39. The van der Waals surface area contributed by atoms with Crippen LogP contribution in [0.25, 0.3) is 10.4 Å². The van der Waals surface area contributed by atoms with Crippen LogP contribution < -0.4 is 14.4 Å². The third-order valence-electron chi connectivity index (χ3n) is 4.74. The molecule has 1 amide bonds. The van der Waals surface area contributed by atoms with Crippen molar-refractivity contribution in [3.8, 4) is 21.9 Å². The largest absolute Gasteiger partial charge is 0.486 e. The van der Waals surface area contributed by atoms with Gasteiger partial charge in [-0.2, -0.15) is 0 Å². The second-order valence-corrected chi connectivity index (χ2v) is 7.89. The zero-order chi connectivity index (χ0) is 21.1. The molecule has 4 rings (SSSR count). The maximum Gasteiger partial charge on any atom is 0.349 e. The molecule has 3 aromatic rings. The van der Waals surface area contributed by atoms with Gasteiger partial charge in [-0.05, 0) is 55.0 Å². The molecular formula is C23H21NO5S. The van der Waals surface area contributed by atoms with E-state index >= 15 is 0 Å². The van der Waals surface area contributed by atoms with E-state index in [1.165, 1.54) is 16.2 Å². The first-order chi connectivity index (χ1) is 14.5. The molecule has 154 valence electrons. The van der Waals surface area contributed by atoms with Crippen LogP contribution in [0.15, 0.2) is 60.7 Å². The molecule has 0 spiro atoms. The van der Waals surface area contributed by atoms with E-state index in [4.69, 9.17) is 14.2 Å². The van der Waals surface area contributed by atoms with Crippen LogP contribution in [0.1, 0.15) is 16.6 Å². The van der Waals surface area contributed by atoms with E-state index in [0.29, 0.717) is 23.8 Å². The minimum Gasteiger partial charge on any atom is -0.486 e. The molecule has 1 aliphatic heterocycles. The zero-order valence-electron chi connectivity index (χ0n) is 16.7. The number of rotatable bonds is 5. The Morgan fingerprint density at radius 1 is 1.00 bits per heavy atom. The van der Waals surface area contributed by atoms with Gasteiger partial charge in [-0.3, -0.25) is 4.79 Å². The summed E-state index contributed by atoms with van der Waals surface area (Å²) in [7, 11) is 1.66. The highest BCUT2D eigenvalue weighted by Crippen LogP contribution is 2.37. The van der Waals surface area contributed by atoms with Gasteiger partial charge in [0, 0.05) is 17.6 Å². The fourth-order valence-corrected chi connectivity index (χ4v) is 4.01. The first-order valence-corrected chi connectivity index (χ1v) is 10.4. The van der Waals surface area contributed by atoms with E-state index < -0.39 is 12.1 Å². The Labute approximate surface area is 178 Å². The van der Waals surface area contributed by atoms with Gasteiger partial charge in [-0.15, -0.1) is 11.3 Å². The number of hydrogen-bond donors (Lipinski definition) is 0. The number of esters is 1. The molecule has 1 unspecified atom stereocenters. The van der Waals surface area contributed by atoms with Gasteiger partial charge in [0.1, 0.15) is 18.1 Å². The lowest BCUT2D eigenvalue weighted by Crippen LogP contribution is -2.37. The Balaban J connectivity index is 1.43. The standard InChI is InChI=1S/C23H21NO5S/c1-15(22(25)24(2)17-6-4-3-5-7-17)29-23(26)21-11-10-20(30-21)16-8-9-18-19(14-16)28-13-12-27-18/h3-11,14-15H,12-13H2,1-2H3. The van der Waals surface area contributed by atoms with Gasteiger partial charge in [0.2, 0.25) is 0 Å². The Hall–Kier alpha value is -3.32. The number of hydrogen-bond acceptors (Lipinski definition) is 6. The fraction of sp³-hybridized carbons (Fsp3) is 0.217. The van der Waals surface area contributed by atoms with Crippen LogP contribution in [0.3, 0.4) is 0 Å². The topological polar surface area (TPSA) is 65.1 Å². The number of para-hydroxylation sites is 1. The van der Waals surface area contributed by atoms with Crippen molar-refractivity contribution in [2.75, 3.05) is 25.2 Å². The summed E-state index contributed by atoms with van der Waals surface area (Å²) >= 11 is 1.31. The number of amides is 1. The average Bonchev–Trinajstić information content (AvgIpc) is 3.29. The molecule has 0 aliphatic carbocycles. The summed E-state index contributed by atoms with van der Waals surface area (Å²) in [5, 5.41) is 0. The Morgan fingerprint density at radius 3 is 2.50 bits per heavy atom. The number of ether oxygens (including phenoxy) is 3. The summed E-state index contributed by atoms with van der Waals surface area (Å²) < 4.78 is 16.6. The number of nitrogens with zero attached hydrogens (tertiary/aromatic N) is 1. The Morgan fingerprint density at radius 2 is 1.73 bits per heavy atom. The molecule has 0 fully saturated rings. The van der Waals surface area contributed by atoms with Crippen molar-refractivity contribution in [3.63, 3.8) is 0 Å². The minimum absolute atomic E-state index is 0.293. The molecule has 0 saturated carbocycles. The fourth-order valence-electron chi connectivity index (χ4n) is 3.12. The highest BCUT2D eigenvalue weighted by atomic mass is 32.1. The van der Waals surface area contributed by atoms with Crippen LogP contribution in [0.2, 0.25) is 0 Å². The quantitative estimate of drug-likeness (QED) is 0.570. The van der Waals surface area contributed by atoms with Gasteiger partial charge >= 0.3 is 5.97 Å². The van der Waals surface area contributed by atoms with E-state index in [9.17, 15) is 9.59 Å². The van der Waals surface area contributed by atoms with E-state index in [1.807, 2.05) is 54.6 Å². The van der Waals surface area contributed by atoms with Crippen LogP contribution >= 0.6 is 11.3 Å². The number of carbonyl (C=O) groups excluding carboxylic acids is 2. The molecule has 6 nitrogen and oxygen atoms in total. The number of benzene rings is 2. The number of thiophene rings is 1. The third-order valence-corrected chi connectivity index (χ3v) is 5.85. The molecule has 30 heavy (non-hydrogen) atoms. The van der Waals surface area contributed by atoms with Crippen LogP contribution in [0.4, 0.5) is 5.69 Å². The van der Waals surface area contributed by atoms with Crippen LogP contribution in [-0.2, 0) is 9.53 Å². The first kappa shape index (κ1) is 20.0. The minimum atomic E-state index is -0.900. The highest BCUT2D eigenvalue weighted by Gasteiger charge is 2.24. The maximum atomic E-state index is 12.6. The van der Waals surface area contributed by atoms with Gasteiger partial charge < -0.3 is 19.1 Å². The molecule has 0 saturated heterocycles. The molecule has 1 aliphatic rings. The summed E-state index contributed by atoms with van der Waals surface area (Å²) in [5.41, 5.74) is 1.67. The summed E-state index contributed by atoms with van der Waals surface area (Å²) in [6.45, 7) is 2.63. The summed E-state index contributed by atoms with van der Waals surface area (Å²) in [6.07, 6.45) is -0.900. The second-order valence-electron chi connectivity index (χ2n) is 6.80. The van der Waals surface area contributed by atoms with Crippen LogP contribution in [0, 0.1) is 0 Å². The lowest BCUT2D eigenvalue weighted by Gasteiger charge is -2.21. The zero-order valence-corrected chi connectivity index (χ0v) is 17.5. The van der Waals surface area contributed by atoms with Gasteiger partial charge in [-0.1, -0.05) is 18.2 Å². The van der Waals surface area contributed by atoms with Crippen LogP contribution in [-0.4, -0.2) is 38.2 Å². The molecule has 2 heterocycles. The first-order valence-electron chi connectivity index (χ1n) is 9.56. The molecule has 0 N–H and O–H groups in total. The van der Waals surface area contributed by atoms with Crippen molar-refractivity contribution in [3.05, 3.63) is 65.5 Å². The maximum absolute atomic E-state index is 12.6. The van der Waals surface area contributed by atoms with Crippen molar-refractivity contribution < 1.29 is 23.8 Å². The van der Waals surface area contributed by atoms with Gasteiger partial charge in [0.25, 0.3) is 5.91 Å². The monoisotopic (exact) mass is 423 g/mol. The molecular weight excluding hydrogens is 402 g/mol. The lowest BCUT2D eigenvalue weighted by atomic mass is 10.1. The second kappa shape index (κ2) is 8.59. The van der Waals surface area contributed by atoms with Gasteiger partial charge in [0.05, 0.1) is 0 Å². The number of carbonyl (C=O) groups is 2. The van der Waals surface area contributed by atoms with Crippen molar-refractivity contribution in [2.45, 2.75) is 13.0 Å². The van der Waals surface area contributed by atoms with Crippen molar-refractivity contribution in [2.24, 2.45) is 0 Å². The van der Waals surface area contributed by atoms with Crippen LogP contribution in [0.5, 0.6) is 11.5 Å². The van der Waals surface area contributed by atoms with E-state index in [0.717, 1.165) is 21.9 Å². The van der Waals surface area contributed by atoms with E-state index in [-0.39, 0.29) is 5.91 Å². The third kappa shape index (κ3) is 4.16. The van der Waals surface area contributed by atoms with Crippen molar-refractivity contribution in [1.29, 1.82) is 0 Å². The van der Waals surface area contributed by atoms with E-state index in [1.54, 1.807) is 20.0 Å².